The predicted octanol–water partition coefficient (Wildman–Crippen LogP) is 3.94. The summed E-state index contributed by atoms with van der Waals surface area (Å²) in [6, 6.07) is 5.92. The summed E-state index contributed by atoms with van der Waals surface area (Å²) in [5.74, 6) is 0. The Morgan fingerprint density at radius 3 is 2.79 bits per heavy atom. The van der Waals surface area contributed by atoms with Gasteiger partial charge in [-0.2, -0.15) is 0 Å². The van der Waals surface area contributed by atoms with Crippen molar-refractivity contribution in [1.29, 1.82) is 0 Å². The zero-order valence-corrected chi connectivity index (χ0v) is 12.9. The molecule has 2 nitrogen and oxygen atoms in total. The molecule has 1 heterocycles. The van der Waals surface area contributed by atoms with E-state index in [4.69, 9.17) is 27.9 Å². The summed E-state index contributed by atoms with van der Waals surface area (Å²) in [7, 11) is 0. The standard InChI is InChI=1S/C15H21Cl2NO/c1-2-6-18-10-15(5-7-19-11-15)9-12-3-4-13(16)14(17)8-12/h3-4,8,18H,2,5-7,9-11H2,1H3. The molecular weight excluding hydrogens is 281 g/mol. The number of hydrogen-bond acceptors (Lipinski definition) is 2. The molecule has 1 fully saturated rings. The van der Waals surface area contributed by atoms with Gasteiger partial charge in [-0.05, 0) is 43.5 Å². The molecule has 0 aromatic heterocycles. The highest BCUT2D eigenvalue weighted by Gasteiger charge is 2.34. The molecule has 0 aliphatic carbocycles. The first-order valence-corrected chi connectivity index (χ1v) is 7.63. The second-order valence-electron chi connectivity index (χ2n) is 5.40. The normalized spacial score (nSPS) is 22.9. The molecule has 0 saturated carbocycles. The number of benzene rings is 1. The van der Waals surface area contributed by atoms with Gasteiger partial charge < -0.3 is 10.1 Å². The van der Waals surface area contributed by atoms with E-state index in [0.717, 1.165) is 45.6 Å². The fourth-order valence-corrected chi connectivity index (χ4v) is 2.92. The molecule has 1 aromatic rings. The van der Waals surface area contributed by atoms with Gasteiger partial charge in [-0.25, -0.2) is 0 Å². The minimum atomic E-state index is 0.201. The van der Waals surface area contributed by atoms with Gasteiger partial charge in [-0.15, -0.1) is 0 Å². The predicted molar refractivity (Wildman–Crippen MR) is 81.2 cm³/mol. The Morgan fingerprint density at radius 2 is 2.16 bits per heavy atom. The number of ether oxygens (including phenoxy) is 1. The smallest absolute Gasteiger partial charge is 0.0595 e. The van der Waals surface area contributed by atoms with Crippen LogP contribution in [0.4, 0.5) is 0 Å². The molecule has 106 valence electrons. The summed E-state index contributed by atoms with van der Waals surface area (Å²) in [6.07, 6.45) is 3.24. The van der Waals surface area contributed by atoms with Crippen molar-refractivity contribution in [2.45, 2.75) is 26.2 Å². The van der Waals surface area contributed by atoms with Crippen molar-refractivity contribution < 1.29 is 4.74 Å². The van der Waals surface area contributed by atoms with Crippen molar-refractivity contribution in [3.05, 3.63) is 33.8 Å². The molecule has 0 spiro atoms. The molecule has 1 unspecified atom stereocenters. The van der Waals surface area contributed by atoms with Crippen molar-refractivity contribution >= 4 is 23.2 Å². The van der Waals surface area contributed by atoms with E-state index < -0.39 is 0 Å². The summed E-state index contributed by atoms with van der Waals surface area (Å²) in [5, 5.41) is 4.78. The van der Waals surface area contributed by atoms with Gasteiger partial charge in [0.15, 0.2) is 0 Å². The van der Waals surface area contributed by atoms with E-state index in [9.17, 15) is 0 Å². The number of hydrogen-bond donors (Lipinski definition) is 1. The molecule has 0 bridgehead atoms. The fourth-order valence-electron chi connectivity index (χ4n) is 2.60. The van der Waals surface area contributed by atoms with Crippen LogP contribution < -0.4 is 5.32 Å². The van der Waals surface area contributed by atoms with E-state index in [1.54, 1.807) is 0 Å². The van der Waals surface area contributed by atoms with Gasteiger partial charge in [0.2, 0.25) is 0 Å². The Labute approximate surface area is 125 Å². The van der Waals surface area contributed by atoms with E-state index in [1.165, 1.54) is 5.56 Å². The minimum absolute atomic E-state index is 0.201. The van der Waals surface area contributed by atoms with Crippen LogP contribution in [0.15, 0.2) is 18.2 Å². The quantitative estimate of drug-likeness (QED) is 0.804. The highest BCUT2D eigenvalue weighted by molar-refractivity contribution is 6.42. The average Bonchev–Trinajstić information content (AvgIpc) is 2.83. The molecule has 0 amide bonds. The number of halogens is 2. The first-order chi connectivity index (χ1) is 9.15. The van der Waals surface area contributed by atoms with E-state index >= 15 is 0 Å². The van der Waals surface area contributed by atoms with E-state index in [1.807, 2.05) is 12.1 Å². The molecule has 1 aliphatic heterocycles. The maximum atomic E-state index is 6.09. The summed E-state index contributed by atoms with van der Waals surface area (Å²) >= 11 is 12.1. The zero-order valence-electron chi connectivity index (χ0n) is 11.3. The van der Waals surface area contributed by atoms with E-state index in [-0.39, 0.29) is 5.41 Å². The molecule has 1 aliphatic rings. The summed E-state index contributed by atoms with van der Waals surface area (Å²) in [4.78, 5) is 0. The number of rotatable bonds is 6. The van der Waals surface area contributed by atoms with Gasteiger partial charge >= 0.3 is 0 Å². The third-order valence-electron chi connectivity index (χ3n) is 3.67. The molecule has 2 rings (SSSR count). The zero-order chi connectivity index (χ0) is 13.7. The van der Waals surface area contributed by atoms with Gasteiger partial charge in [-0.3, -0.25) is 0 Å². The van der Waals surface area contributed by atoms with Crippen LogP contribution in [-0.4, -0.2) is 26.3 Å². The van der Waals surface area contributed by atoms with Crippen LogP contribution in [0.3, 0.4) is 0 Å². The monoisotopic (exact) mass is 301 g/mol. The van der Waals surface area contributed by atoms with Crippen molar-refractivity contribution in [3.8, 4) is 0 Å². The van der Waals surface area contributed by atoms with Gasteiger partial charge in [0.1, 0.15) is 0 Å². The Balaban J connectivity index is 2.05. The lowest BCUT2D eigenvalue weighted by Crippen LogP contribution is -2.37. The minimum Gasteiger partial charge on any atom is -0.381 e. The van der Waals surface area contributed by atoms with Crippen LogP contribution in [0, 0.1) is 5.41 Å². The lowest BCUT2D eigenvalue weighted by Gasteiger charge is -2.28. The van der Waals surface area contributed by atoms with Crippen LogP contribution >= 0.6 is 23.2 Å². The Hall–Kier alpha value is -0.280. The highest BCUT2D eigenvalue weighted by Crippen LogP contribution is 2.33. The summed E-state index contributed by atoms with van der Waals surface area (Å²) < 4.78 is 5.62. The lowest BCUT2D eigenvalue weighted by molar-refractivity contribution is 0.149. The first kappa shape index (κ1) is 15.1. The van der Waals surface area contributed by atoms with Crippen molar-refractivity contribution in [2.75, 3.05) is 26.3 Å². The molecular formula is C15H21Cl2NO. The Bertz CT molecular complexity index is 417. The van der Waals surface area contributed by atoms with Crippen molar-refractivity contribution in [3.63, 3.8) is 0 Å². The third-order valence-corrected chi connectivity index (χ3v) is 4.41. The average molecular weight is 302 g/mol. The van der Waals surface area contributed by atoms with Gasteiger partial charge in [-0.1, -0.05) is 36.2 Å². The molecule has 1 N–H and O–H groups in total. The largest absolute Gasteiger partial charge is 0.381 e. The van der Waals surface area contributed by atoms with E-state index in [2.05, 4.69) is 18.3 Å². The van der Waals surface area contributed by atoms with Gasteiger partial charge in [0.25, 0.3) is 0 Å². The SMILES string of the molecule is CCCNCC1(Cc2ccc(Cl)c(Cl)c2)CCOC1. The van der Waals surface area contributed by atoms with Gasteiger partial charge in [0, 0.05) is 18.6 Å². The maximum absolute atomic E-state index is 6.09. The molecule has 19 heavy (non-hydrogen) atoms. The lowest BCUT2D eigenvalue weighted by atomic mass is 9.81. The second-order valence-corrected chi connectivity index (χ2v) is 6.22. The van der Waals surface area contributed by atoms with Crippen LogP contribution in [-0.2, 0) is 11.2 Å². The second kappa shape index (κ2) is 6.94. The third kappa shape index (κ3) is 4.09. The molecule has 1 atom stereocenters. The summed E-state index contributed by atoms with van der Waals surface area (Å²) in [6.45, 7) is 5.92. The Kier molecular flexibility index (Phi) is 5.52. The molecule has 1 aromatic carbocycles. The van der Waals surface area contributed by atoms with Crippen LogP contribution in [0.25, 0.3) is 0 Å². The number of nitrogens with one attached hydrogen (secondary N) is 1. The first-order valence-electron chi connectivity index (χ1n) is 6.88. The van der Waals surface area contributed by atoms with Gasteiger partial charge in [0.05, 0.1) is 16.7 Å². The maximum Gasteiger partial charge on any atom is 0.0595 e. The molecule has 1 saturated heterocycles. The van der Waals surface area contributed by atoms with Crippen molar-refractivity contribution in [2.24, 2.45) is 5.41 Å². The van der Waals surface area contributed by atoms with Crippen LogP contribution in [0.1, 0.15) is 25.3 Å². The van der Waals surface area contributed by atoms with E-state index in [0.29, 0.717) is 10.0 Å². The fraction of sp³-hybridized carbons (Fsp3) is 0.600. The topological polar surface area (TPSA) is 21.3 Å². The molecule has 4 heteroatoms. The highest BCUT2D eigenvalue weighted by atomic mass is 35.5. The van der Waals surface area contributed by atoms with Crippen molar-refractivity contribution in [1.82, 2.24) is 5.32 Å². The molecule has 0 radical (unpaired) electrons. The van der Waals surface area contributed by atoms with Crippen LogP contribution in [0.5, 0.6) is 0 Å². The Morgan fingerprint density at radius 1 is 1.32 bits per heavy atom. The summed E-state index contributed by atoms with van der Waals surface area (Å²) in [5.41, 5.74) is 1.44. The van der Waals surface area contributed by atoms with Crippen LogP contribution in [0.2, 0.25) is 10.0 Å².